The number of halogens is 2. The molecule has 1 unspecified atom stereocenters. The summed E-state index contributed by atoms with van der Waals surface area (Å²) < 4.78 is 25.8. The van der Waals surface area contributed by atoms with E-state index in [1.807, 2.05) is 0 Å². The van der Waals surface area contributed by atoms with E-state index in [1.165, 1.54) is 6.07 Å². The van der Waals surface area contributed by atoms with Crippen LogP contribution in [0.4, 0.5) is 8.78 Å². The molecule has 0 aromatic heterocycles. The SMILES string of the molecule is O=C(CCCc1ccc(F)c(F)c1)NC(CC1CC1)C(=O)O. The number of aryl methyl sites for hydroxylation is 1. The Bertz CT molecular complexity index is 558. The molecule has 1 aromatic carbocycles. The van der Waals surface area contributed by atoms with Crippen molar-refractivity contribution in [3.8, 4) is 0 Å². The fraction of sp³-hybridized carbons (Fsp3) is 0.500. The molecule has 0 radical (unpaired) electrons. The Balaban J connectivity index is 1.74. The zero-order valence-electron chi connectivity index (χ0n) is 12.1. The summed E-state index contributed by atoms with van der Waals surface area (Å²) in [5.41, 5.74) is 0.611. The zero-order valence-corrected chi connectivity index (χ0v) is 12.1. The highest BCUT2D eigenvalue weighted by atomic mass is 19.2. The largest absolute Gasteiger partial charge is 0.480 e. The minimum Gasteiger partial charge on any atom is -0.480 e. The van der Waals surface area contributed by atoms with Crippen LogP contribution in [-0.4, -0.2) is 23.0 Å². The second-order valence-corrected chi connectivity index (χ2v) is 5.74. The van der Waals surface area contributed by atoms with Crippen LogP contribution in [0.2, 0.25) is 0 Å². The standard InChI is InChI=1S/C16H19F2NO3/c17-12-7-6-10(8-13(12)18)2-1-3-15(20)19-14(16(21)22)9-11-4-5-11/h6-8,11,14H,1-5,9H2,(H,19,20)(H,21,22). The molecule has 2 N–H and O–H groups in total. The molecule has 6 heteroatoms. The maximum Gasteiger partial charge on any atom is 0.326 e. The van der Waals surface area contributed by atoms with Crippen LogP contribution in [0.3, 0.4) is 0 Å². The molecule has 22 heavy (non-hydrogen) atoms. The van der Waals surface area contributed by atoms with Crippen molar-refractivity contribution in [3.63, 3.8) is 0 Å². The first-order valence-electron chi connectivity index (χ1n) is 7.42. The molecule has 0 aliphatic heterocycles. The van der Waals surface area contributed by atoms with Crippen molar-refractivity contribution in [1.82, 2.24) is 5.32 Å². The second-order valence-electron chi connectivity index (χ2n) is 5.74. The number of carbonyl (C=O) groups is 2. The topological polar surface area (TPSA) is 66.4 Å². The third-order valence-corrected chi connectivity index (χ3v) is 3.75. The lowest BCUT2D eigenvalue weighted by Gasteiger charge is -2.14. The van der Waals surface area contributed by atoms with Crippen LogP contribution in [0.25, 0.3) is 0 Å². The molecule has 0 spiro atoms. The number of benzene rings is 1. The Morgan fingerprint density at radius 1 is 1.27 bits per heavy atom. The first-order chi connectivity index (χ1) is 10.5. The summed E-state index contributed by atoms with van der Waals surface area (Å²) in [6.07, 6.45) is 3.57. The van der Waals surface area contributed by atoms with Crippen molar-refractivity contribution in [2.45, 2.75) is 44.6 Å². The fourth-order valence-electron chi connectivity index (χ4n) is 2.32. The lowest BCUT2D eigenvalue weighted by atomic mass is 10.1. The first kappa shape index (κ1) is 16.4. The van der Waals surface area contributed by atoms with Gasteiger partial charge in [0, 0.05) is 6.42 Å². The highest BCUT2D eigenvalue weighted by molar-refractivity contribution is 5.83. The fourth-order valence-corrected chi connectivity index (χ4v) is 2.32. The number of aliphatic carboxylic acids is 1. The van der Waals surface area contributed by atoms with Gasteiger partial charge in [-0.2, -0.15) is 0 Å². The Morgan fingerprint density at radius 3 is 2.59 bits per heavy atom. The molecular formula is C16H19F2NO3. The van der Waals surface area contributed by atoms with Gasteiger partial charge in [-0.15, -0.1) is 0 Å². The molecular weight excluding hydrogens is 292 g/mol. The zero-order chi connectivity index (χ0) is 16.1. The Labute approximate surface area is 127 Å². The summed E-state index contributed by atoms with van der Waals surface area (Å²) in [6.45, 7) is 0. The minimum atomic E-state index is -1.01. The maximum atomic E-state index is 13.0. The van der Waals surface area contributed by atoms with E-state index in [9.17, 15) is 18.4 Å². The minimum absolute atomic E-state index is 0.160. The predicted octanol–water partition coefficient (Wildman–Crippen LogP) is 2.66. The summed E-state index contributed by atoms with van der Waals surface area (Å²) in [6, 6.07) is 2.81. The van der Waals surface area contributed by atoms with Gasteiger partial charge in [-0.25, -0.2) is 13.6 Å². The van der Waals surface area contributed by atoms with Gasteiger partial charge in [0.1, 0.15) is 6.04 Å². The molecule has 1 aromatic rings. The van der Waals surface area contributed by atoms with E-state index in [2.05, 4.69) is 5.32 Å². The Kier molecular flexibility index (Phi) is 5.46. The third kappa shape index (κ3) is 5.09. The lowest BCUT2D eigenvalue weighted by molar-refractivity contribution is -0.142. The quantitative estimate of drug-likeness (QED) is 0.775. The number of carboxylic acids is 1. The van der Waals surface area contributed by atoms with Crippen LogP contribution >= 0.6 is 0 Å². The number of hydrogen-bond donors (Lipinski definition) is 2. The average molecular weight is 311 g/mol. The number of amides is 1. The van der Waals surface area contributed by atoms with Crippen LogP contribution in [0.1, 0.15) is 37.7 Å². The molecule has 1 aliphatic carbocycles. The van der Waals surface area contributed by atoms with Gasteiger partial charge in [0.15, 0.2) is 11.6 Å². The summed E-state index contributed by atoms with van der Waals surface area (Å²) >= 11 is 0. The van der Waals surface area contributed by atoms with Gasteiger partial charge in [-0.05, 0) is 42.9 Å². The van der Waals surface area contributed by atoms with Crippen LogP contribution < -0.4 is 5.32 Å². The van der Waals surface area contributed by atoms with Crippen molar-refractivity contribution in [3.05, 3.63) is 35.4 Å². The van der Waals surface area contributed by atoms with Crippen molar-refractivity contribution in [2.75, 3.05) is 0 Å². The number of rotatable bonds is 8. The Morgan fingerprint density at radius 2 is 2.00 bits per heavy atom. The molecule has 1 saturated carbocycles. The van der Waals surface area contributed by atoms with Gasteiger partial charge >= 0.3 is 5.97 Å². The van der Waals surface area contributed by atoms with Gasteiger partial charge in [0.2, 0.25) is 5.91 Å². The van der Waals surface area contributed by atoms with Gasteiger partial charge in [0.05, 0.1) is 0 Å². The second kappa shape index (κ2) is 7.33. The van der Waals surface area contributed by atoms with E-state index in [0.717, 1.165) is 25.0 Å². The third-order valence-electron chi connectivity index (χ3n) is 3.75. The molecule has 2 rings (SSSR count). The van der Waals surface area contributed by atoms with Crippen LogP contribution in [0.5, 0.6) is 0 Å². The number of hydrogen-bond acceptors (Lipinski definition) is 2. The molecule has 0 heterocycles. The summed E-state index contributed by atoms with van der Waals surface area (Å²) in [4.78, 5) is 22.8. The van der Waals surface area contributed by atoms with Crippen LogP contribution in [-0.2, 0) is 16.0 Å². The molecule has 120 valence electrons. The van der Waals surface area contributed by atoms with Gasteiger partial charge in [0.25, 0.3) is 0 Å². The molecule has 0 saturated heterocycles. The summed E-state index contributed by atoms with van der Waals surface area (Å²) in [5, 5.41) is 11.6. The van der Waals surface area contributed by atoms with Gasteiger partial charge < -0.3 is 10.4 Å². The monoisotopic (exact) mass is 311 g/mol. The molecule has 1 aliphatic rings. The number of carbonyl (C=O) groups excluding carboxylic acids is 1. The molecule has 1 amide bonds. The summed E-state index contributed by atoms with van der Waals surface area (Å²) in [5.74, 6) is -2.73. The van der Waals surface area contributed by atoms with Crippen molar-refractivity contribution in [2.24, 2.45) is 5.92 Å². The number of nitrogens with one attached hydrogen (secondary N) is 1. The average Bonchev–Trinajstić information content (AvgIpc) is 3.26. The predicted molar refractivity (Wildman–Crippen MR) is 76.2 cm³/mol. The van der Waals surface area contributed by atoms with E-state index < -0.39 is 23.6 Å². The van der Waals surface area contributed by atoms with Crippen molar-refractivity contribution in [1.29, 1.82) is 0 Å². The summed E-state index contributed by atoms with van der Waals surface area (Å²) in [7, 11) is 0. The van der Waals surface area contributed by atoms with E-state index in [-0.39, 0.29) is 12.3 Å². The van der Waals surface area contributed by atoms with Crippen LogP contribution in [0.15, 0.2) is 18.2 Å². The smallest absolute Gasteiger partial charge is 0.326 e. The normalized spacial score (nSPS) is 15.4. The van der Waals surface area contributed by atoms with E-state index >= 15 is 0 Å². The number of carboxylic acid groups (broad SMARTS) is 1. The van der Waals surface area contributed by atoms with E-state index in [4.69, 9.17) is 5.11 Å². The van der Waals surface area contributed by atoms with Crippen molar-refractivity contribution >= 4 is 11.9 Å². The van der Waals surface area contributed by atoms with E-state index in [1.54, 1.807) is 0 Å². The van der Waals surface area contributed by atoms with Crippen LogP contribution in [0, 0.1) is 17.6 Å². The molecule has 0 bridgehead atoms. The Hall–Kier alpha value is -1.98. The van der Waals surface area contributed by atoms with E-state index in [0.29, 0.717) is 30.7 Å². The first-order valence-corrected chi connectivity index (χ1v) is 7.42. The molecule has 1 fully saturated rings. The van der Waals surface area contributed by atoms with Crippen molar-refractivity contribution < 1.29 is 23.5 Å². The van der Waals surface area contributed by atoms with Gasteiger partial charge in [-0.1, -0.05) is 18.9 Å². The van der Waals surface area contributed by atoms with Gasteiger partial charge in [-0.3, -0.25) is 4.79 Å². The molecule has 1 atom stereocenters. The highest BCUT2D eigenvalue weighted by Crippen LogP contribution is 2.33. The highest BCUT2D eigenvalue weighted by Gasteiger charge is 2.29. The maximum absolute atomic E-state index is 13.0. The lowest BCUT2D eigenvalue weighted by Crippen LogP contribution is -2.41. The molecule has 4 nitrogen and oxygen atoms in total.